The van der Waals surface area contributed by atoms with Crippen LogP contribution in [0.4, 0.5) is 11.6 Å². The first kappa shape index (κ1) is 10.1. The lowest BCUT2D eigenvalue weighted by Gasteiger charge is -1.89. The molecular weight excluding hydrogens is 208 g/mol. The second-order valence-corrected chi connectivity index (χ2v) is 3.03. The van der Waals surface area contributed by atoms with Gasteiger partial charge in [-0.15, -0.1) is 0 Å². The molecule has 0 radical (unpaired) electrons. The maximum Gasteiger partial charge on any atom is 0.433 e. The van der Waals surface area contributed by atoms with E-state index in [1.54, 1.807) is 0 Å². The molecule has 0 atom stereocenters. The van der Waals surface area contributed by atoms with Crippen LogP contribution in [0.25, 0.3) is 0 Å². The topological polar surface area (TPSA) is 68.6 Å². The summed E-state index contributed by atoms with van der Waals surface area (Å²) >= 11 is 0. The fourth-order valence-corrected chi connectivity index (χ4v) is 1.16. The quantitative estimate of drug-likeness (QED) is 0.450. The number of aliphatic imine (C=N–C) groups is 1. The molecule has 0 saturated carbocycles. The maximum atomic E-state index is 10.4. The number of hydrogen-bond donors (Lipinski definition) is 0. The van der Waals surface area contributed by atoms with Gasteiger partial charge in [-0.2, -0.15) is 0 Å². The summed E-state index contributed by atoms with van der Waals surface area (Å²) in [5, 5.41) is 10.4. The SMILES string of the molecule is O=[N+]([O-])c1ccc(C=Nc2ccccc2)o1. The van der Waals surface area contributed by atoms with Crippen molar-refractivity contribution in [3.63, 3.8) is 0 Å². The number of nitro groups is 1. The van der Waals surface area contributed by atoms with Gasteiger partial charge in [-0.05, 0) is 18.2 Å². The minimum atomic E-state index is -0.583. The fraction of sp³-hybridized carbons (Fsp3) is 0. The van der Waals surface area contributed by atoms with Crippen molar-refractivity contribution in [2.75, 3.05) is 0 Å². The summed E-state index contributed by atoms with van der Waals surface area (Å²) < 4.78 is 4.92. The number of para-hydroxylation sites is 1. The molecule has 1 aromatic heterocycles. The average Bonchev–Trinajstić information content (AvgIpc) is 2.76. The molecule has 0 fully saturated rings. The summed E-state index contributed by atoms with van der Waals surface area (Å²) in [6.07, 6.45) is 1.45. The van der Waals surface area contributed by atoms with Gasteiger partial charge in [-0.1, -0.05) is 18.2 Å². The molecule has 0 aliphatic rings. The number of hydrogen-bond acceptors (Lipinski definition) is 4. The zero-order valence-electron chi connectivity index (χ0n) is 8.24. The third-order valence-corrected chi connectivity index (χ3v) is 1.89. The van der Waals surface area contributed by atoms with E-state index in [1.807, 2.05) is 30.3 Å². The van der Waals surface area contributed by atoms with Crippen LogP contribution >= 0.6 is 0 Å². The van der Waals surface area contributed by atoms with E-state index in [-0.39, 0.29) is 5.88 Å². The van der Waals surface area contributed by atoms with Crippen LogP contribution in [0.3, 0.4) is 0 Å². The van der Waals surface area contributed by atoms with Crippen molar-refractivity contribution in [3.05, 3.63) is 58.3 Å². The molecular formula is C11H8N2O3. The van der Waals surface area contributed by atoms with Crippen molar-refractivity contribution >= 4 is 17.8 Å². The Bertz CT molecular complexity index is 517. The molecule has 0 aliphatic heterocycles. The first-order valence-corrected chi connectivity index (χ1v) is 4.59. The van der Waals surface area contributed by atoms with Crippen LogP contribution in [-0.2, 0) is 0 Å². The molecule has 0 amide bonds. The van der Waals surface area contributed by atoms with E-state index in [2.05, 4.69) is 4.99 Å². The van der Waals surface area contributed by atoms with Crippen LogP contribution in [0.2, 0.25) is 0 Å². The van der Waals surface area contributed by atoms with Crippen molar-refractivity contribution < 1.29 is 9.34 Å². The van der Waals surface area contributed by atoms with E-state index < -0.39 is 4.92 Å². The Kier molecular flexibility index (Phi) is 2.77. The minimum absolute atomic E-state index is 0.283. The Morgan fingerprint density at radius 3 is 2.56 bits per heavy atom. The van der Waals surface area contributed by atoms with Crippen LogP contribution in [0.5, 0.6) is 0 Å². The molecule has 1 heterocycles. The Morgan fingerprint density at radius 1 is 1.19 bits per heavy atom. The monoisotopic (exact) mass is 216 g/mol. The lowest BCUT2D eigenvalue weighted by atomic mass is 10.3. The van der Waals surface area contributed by atoms with E-state index in [1.165, 1.54) is 18.3 Å². The first-order valence-electron chi connectivity index (χ1n) is 4.59. The standard InChI is InChI=1S/C11H8N2O3/c14-13(15)11-7-6-10(16-11)8-12-9-4-2-1-3-5-9/h1-8H. The van der Waals surface area contributed by atoms with Gasteiger partial charge in [0.1, 0.15) is 4.92 Å². The number of furan rings is 1. The summed E-state index contributed by atoms with van der Waals surface area (Å²) in [6.45, 7) is 0. The predicted molar refractivity (Wildman–Crippen MR) is 59.1 cm³/mol. The highest BCUT2D eigenvalue weighted by Crippen LogP contribution is 2.15. The fourth-order valence-electron chi connectivity index (χ4n) is 1.16. The summed E-state index contributed by atoms with van der Waals surface area (Å²) in [6, 6.07) is 12.1. The molecule has 0 N–H and O–H groups in total. The lowest BCUT2D eigenvalue weighted by molar-refractivity contribution is -0.402. The molecule has 0 unspecified atom stereocenters. The van der Waals surface area contributed by atoms with Crippen LogP contribution in [0.15, 0.2) is 51.9 Å². The Morgan fingerprint density at radius 2 is 1.94 bits per heavy atom. The molecule has 0 bridgehead atoms. The number of benzene rings is 1. The highest BCUT2D eigenvalue weighted by atomic mass is 16.6. The molecule has 5 heteroatoms. The predicted octanol–water partition coefficient (Wildman–Crippen LogP) is 2.94. The minimum Gasteiger partial charge on any atom is -0.400 e. The molecule has 0 saturated heterocycles. The van der Waals surface area contributed by atoms with E-state index in [0.29, 0.717) is 5.76 Å². The van der Waals surface area contributed by atoms with Gasteiger partial charge < -0.3 is 4.42 Å². The Labute approximate surface area is 91.2 Å². The summed E-state index contributed by atoms with van der Waals surface area (Å²) in [4.78, 5) is 13.9. The van der Waals surface area contributed by atoms with Gasteiger partial charge in [-0.3, -0.25) is 15.1 Å². The van der Waals surface area contributed by atoms with E-state index in [0.717, 1.165) is 5.69 Å². The van der Waals surface area contributed by atoms with Gasteiger partial charge in [0.25, 0.3) is 0 Å². The van der Waals surface area contributed by atoms with E-state index >= 15 is 0 Å². The Balaban J connectivity index is 2.15. The van der Waals surface area contributed by atoms with Crippen molar-refractivity contribution in [1.82, 2.24) is 0 Å². The van der Waals surface area contributed by atoms with Crippen LogP contribution in [-0.4, -0.2) is 11.1 Å². The summed E-state index contributed by atoms with van der Waals surface area (Å²) in [5.41, 5.74) is 0.765. The number of nitrogens with zero attached hydrogens (tertiary/aromatic N) is 2. The summed E-state index contributed by atoms with van der Waals surface area (Å²) in [5.74, 6) is 0.0741. The van der Waals surface area contributed by atoms with E-state index in [9.17, 15) is 10.1 Å². The third kappa shape index (κ3) is 2.33. The molecule has 16 heavy (non-hydrogen) atoms. The van der Waals surface area contributed by atoms with Gasteiger partial charge in [0, 0.05) is 0 Å². The van der Waals surface area contributed by atoms with Crippen molar-refractivity contribution in [3.8, 4) is 0 Å². The maximum absolute atomic E-state index is 10.4. The smallest absolute Gasteiger partial charge is 0.400 e. The molecule has 1 aromatic carbocycles. The molecule has 80 valence electrons. The lowest BCUT2D eigenvalue weighted by Crippen LogP contribution is -1.83. The molecule has 5 nitrogen and oxygen atoms in total. The zero-order chi connectivity index (χ0) is 11.4. The van der Waals surface area contributed by atoms with Crippen LogP contribution < -0.4 is 0 Å². The molecule has 0 spiro atoms. The van der Waals surface area contributed by atoms with Crippen molar-refractivity contribution in [1.29, 1.82) is 0 Å². The van der Waals surface area contributed by atoms with Gasteiger partial charge in [0.2, 0.25) is 0 Å². The zero-order valence-corrected chi connectivity index (χ0v) is 8.24. The second kappa shape index (κ2) is 4.39. The molecule has 0 aliphatic carbocycles. The number of rotatable bonds is 3. The third-order valence-electron chi connectivity index (χ3n) is 1.89. The average molecular weight is 216 g/mol. The van der Waals surface area contributed by atoms with Crippen molar-refractivity contribution in [2.45, 2.75) is 0 Å². The second-order valence-electron chi connectivity index (χ2n) is 3.03. The Hall–Kier alpha value is -2.43. The molecule has 2 rings (SSSR count). The largest absolute Gasteiger partial charge is 0.433 e. The van der Waals surface area contributed by atoms with Crippen LogP contribution in [0, 0.1) is 10.1 Å². The van der Waals surface area contributed by atoms with E-state index in [4.69, 9.17) is 4.42 Å². The van der Waals surface area contributed by atoms with Crippen molar-refractivity contribution in [2.24, 2.45) is 4.99 Å². The van der Waals surface area contributed by atoms with Gasteiger partial charge in [0.05, 0.1) is 18.0 Å². The highest BCUT2D eigenvalue weighted by molar-refractivity contribution is 5.78. The van der Waals surface area contributed by atoms with Gasteiger partial charge in [0.15, 0.2) is 5.76 Å². The van der Waals surface area contributed by atoms with Gasteiger partial charge in [-0.25, -0.2) is 0 Å². The van der Waals surface area contributed by atoms with Crippen LogP contribution in [0.1, 0.15) is 5.76 Å². The molecule has 2 aromatic rings. The first-order chi connectivity index (χ1) is 7.75. The van der Waals surface area contributed by atoms with Gasteiger partial charge >= 0.3 is 5.88 Å². The summed E-state index contributed by atoms with van der Waals surface area (Å²) in [7, 11) is 0. The highest BCUT2D eigenvalue weighted by Gasteiger charge is 2.09. The normalized spacial score (nSPS) is 10.8.